The first-order chi connectivity index (χ1) is 8.60. The molecule has 1 aliphatic rings. The number of hydrogen-bond donors (Lipinski definition) is 2. The van der Waals surface area contributed by atoms with Gasteiger partial charge in [0, 0.05) is 24.6 Å². The first-order valence-corrected chi connectivity index (χ1v) is 5.91. The monoisotopic (exact) mass is 248 g/mol. The fraction of sp³-hybridized carbons (Fsp3) is 0.385. The van der Waals surface area contributed by atoms with Crippen LogP contribution in [0.2, 0.25) is 0 Å². The Morgan fingerprint density at radius 2 is 2.28 bits per heavy atom. The van der Waals surface area contributed by atoms with E-state index >= 15 is 0 Å². The van der Waals surface area contributed by atoms with E-state index in [-0.39, 0.29) is 29.2 Å². The number of nitrogens with one attached hydrogen (secondary N) is 1. The molecule has 0 aliphatic heterocycles. The highest BCUT2D eigenvalue weighted by Crippen LogP contribution is 2.28. The molecule has 2 N–H and O–H groups in total. The lowest BCUT2D eigenvalue weighted by Gasteiger charge is -2.14. The van der Waals surface area contributed by atoms with Crippen molar-refractivity contribution in [2.45, 2.75) is 19.4 Å². The van der Waals surface area contributed by atoms with E-state index in [1.54, 1.807) is 12.1 Å². The Balaban J connectivity index is 2.15. The summed E-state index contributed by atoms with van der Waals surface area (Å²) in [6.45, 7) is 1.94. The lowest BCUT2D eigenvalue weighted by molar-refractivity contribution is -0.384. The Morgan fingerprint density at radius 3 is 2.89 bits per heavy atom. The summed E-state index contributed by atoms with van der Waals surface area (Å²) < 4.78 is 0. The summed E-state index contributed by atoms with van der Waals surface area (Å²) in [4.78, 5) is 10.6. The average Bonchev–Trinajstić information content (AvgIpc) is 2.79. The van der Waals surface area contributed by atoms with Crippen molar-refractivity contribution in [3.05, 3.63) is 46.0 Å². The van der Waals surface area contributed by atoms with Gasteiger partial charge in [0.15, 0.2) is 0 Å². The van der Waals surface area contributed by atoms with Crippen molar-refractivity contribution < 1.29 is 10.0 Å². The van der Waals surface area contributed by atoms with Gasteiger partial charge in [0.05, 0.1) is 4.92 Å². The van der Waals surface area contributed by atoms with Gasteiger partial charge < -0.3 is 10.4 Å². The van der Waals surface area contributed by atoms with Crippen LogP contribution in [0.3, 0.4) is 0 Å². The molecule has 0 bridgehead atoms. The maximum Gasteiger partial charge on any atom is 0.292 e. The van der Waals surface area contributed by atoms with Crippen LogP contribution in [0.5, 0.6) is 0 Å². The zero-order valence-electron chi connectivity index (χ0n) is 10.2. The highest BCUT2D eigenvalue weighted by molar-refractivity contribution is 5.63. The van der Waals surface area contributed by atoms with Crippen molar-refractivity contribution in [1.29, 1.82) is 0 Å². The molecule has 2 atom stereocenters. The number of aliphatic hydroxyl groups is 1. The van der Waals surface area contributed by atoms with Gasteiger partial charge in [-0.25, -0.2) is 0 Å². The molecule has 0 unspecified atom stereocenters. The van der Waals surface area contributed by atoms with Gasteiger partial charge in [-0.2, -0.15) is 0 Å². The molecule has 2 rings (SSSR count). The van der Waals surface area contributed by atoms with E-state index in [2.05, 4.69) is 5.32 Å². The molecule has 1 aliphatic carbocycles. The number of aryl methyl sites for hydroxylation is 1. The molecule has 0 saturated carbocycles. The normalized spacial score (nSPS) is 22.1. The van der Waals surface area contributed by atoms with Gasteiger partial charge >= 0.3 is 0 Å². The predicted molar refractivity (Wildman–Crippen MR) is 69.6 cm³/mol. The first kappa shape index (κ1) is 12.6. The number of nitro benzene ring substituents is 1. The van der Waals surface area contributed by atoms with Gasteiger partial charge in [-0.3, -0.25) is 10.1 Å². The second-order valence-corrected chi connectivity index (χ2v) is 4.59. The number of hydrogen-bond acceptors (Lipinski definition) is 4. The fourth-order valence-corrected chi connectivity index (χ4v) is 2.13. The van der Waals surface area contributed by atoms with Crippen LogP contribution in [-0.4, -0.2) is 22.7 Å². The highest BCUT2D eigenvalue weighted by atomic mass is 16.6. The van der Waals surface area contributed by atoms with Crippen LogP contribution in [0.1, 0.15) is 12.0 Å². The van der Waals surface area contributed by atoms with Crippen molar-refractivity contribution in [1.82, 2.24) is 0 Å². The molecule has 0 aromatic heterocycles. The number of anilines is 1. The Morgan fingerprint density at radius 1 is 1.50 bits per heavy atom. The minimum atomic E-state index is -0.377. The van der Waals surface area contributed by atoms with Gasteiger partial charge in [0.25, 0.3) is 5.69 Å². The smallest absolute Gasteiger partial charge is 0.292 e. The second kappa shape index (κ2) is 5.18. The van der Waals surface area contributed by atoms with Crippen LogP contribution < -0.4 is 5.32 Å². The van der Waals surface area contributed by atoms with E-state index in [9.17, 15) is 10.1 Å². The van der Waals surface area contributed by atoms with E-state index in [1.807, 2.05) is 25.1 Å². The van der Waals surface area contributed by atoms with E-state index in [0.717, 1.165) is 12.0 Å². The maximum absolute atomic E-state index is 11.0. The third-order valence-electron chi connectivity index (χ3n) is 3.10. The van der Waals surface area contributed by atoms with Crippen LogP contribution in [-0.2, 0) is 0 Å². The largest absolute Gasteiger partial charge is 0.396 e. The summed E-state index contributed by atoms with van der Waals surface area (Å²) in [5, 5.41) is 23.2. The van der Waals surface area contributed by atoms with Crippen LogP contribution in [0.25, 0.3) is 0 Å². The summed E-state index contributed by atoms with van der Waals surface area (Å²) in [7, 11) is 0. The third kappa shape index (κ3) is 2.68. The third-order valence-corrected chi connectivity index (χ3v) is 3.10. The summed E-state index contributed by atoms with van der Waals surface area (Å²) in [6, 6.07) is 5.18. The van der Waals surface area contributed by atoms with Crippen LogP contribution in [0, 0.1) is 23.0 Å². The minimum Gasteiger partial charge on any atom is -0.396 e. The molecule has 0 spiro atoms. The molecule has 1 aromatic rings. The average molecular weight is 248 g/mol. The molecule has 1 aromatic carbocycles. The topological polar surface area (TPSA) is 75.4 Å². The number of benzene rings is 1. The van der Waals surface area contributed by atoms with Crippen LogP contribution >= 0.6 is 0 Å². The molecule has 0 saturated heterocycles. The van der Waals surface area contributed by atoms with Gasteiger partial charge in [0.2, 0.25) is 0 Å². The fourth-order valence-electron chi connectivity index (χ4n) is 2.13. The Labute approximate surface area is 105 Å². The lowest BCUT2D eigenvalue weighted by atomic mass is 10.1. The number of aliphatic hydroxyl groups excluding tert-OH is 1. The Bertz CT molecular complexity index is 485. The van der Waals surface area contributed by atoms with E-state index in [0.29, 0.717) is 5.69 Å². The van der Waals surface area contributed by atoms with E-state index in [4.69, 9.17) is 5.11 Å². The maximum atomic E-state index is 11.0. The van der Waals surface area contributed by atoms with Crippen molar-refractivity contribution in [2.24, 2.45) is 5.92 Å². The van der Waals surface area contributed by atoms with Gasteiger partial charge in [-0.05, 0) is 25.0 Å². The van der Waals surface area contributed by atoms with Crippen LogP contribution in [0.15, 0.2) is 30.4 Å². The summed E-state index contributed by atoms with van der Waals surface area (Å²) in [5.41, 5.74) is 1.48. The minimum absolute atomic E-state index is 0.0450. The van der Waals surface area contributed by atoms with Crippen LogP contribution in [0.4, 0.5) is 11.4 Å². The molecule has 0 radical (unpaired) electrons. The zero-order chi connectivity index (χ0) is 13.1. The first-order valence-electron chi connectivity index (χ1n) is 5.91. The molecule has 5 heteroatoms. The molecule has 96 valence electrons. The predicted octanol–water partition coefficient (Wildman–Crippen LogP) is 2.25. The lowest BCUT2D eigenvalue weighted by Crippen LogP contribution is -2.17. The second-order valence-electron chi connectivity index (χ2n) is 4.59. The molecular formula is C13H16N2O3. The van der Waals surface area contributed by atoms with Crippen molar-refractivity contribution in [3.8, 4) is 0 Å². The van der Waals surface area contributed by atoms with E-state index < -0.39 is 0 Å². The number of nitro groups is 1. The van der Waals surface area contributed by atoms with Crippen molar-refractivity contribution >= 4 is 11.4 Å². The highest BCUT2D eigenvalue weighted by Gasteiger charge is 2.21. The van der Waals surface area contributed by atoms with Gasteiger partial charge in [-0.15, -0.1) is 0 Å². The van der Waals surface area contributed by atoms with Crippen molar-refractivity contribution in [3.63, 3.8) is 0 Å². The molecular weight excluding hydrogens is 232 g/mol. The molecule has 0 fully saturated rings. The molecule has 0 heterocycles. The summed E-state index contributed by atoms with van der Waals surface area (Å²) in [5.74, 6) is 0.145. The zero-order valence-corrected chi connectivity index (χ0v) is 10.2. The van der Waals surface area contributed by atoms with Crippen molar-refractivity contribution in [2.75, 3.05) is 11.9 Å². The molecule has 0 amide bonds. The molecule has 5 nitrogen and oxygen atoms in total. The number of nitrogens with zero attached hydrogens (tertiary/aromatic N) is 1. The standard InChI is InChI=1S/C13H16N2O3/c1-9-2-5-12(13(6-9)15(17)18)14-11-4-3-10(7-11)8-16/h2-6,10-11,14,16H,7-8H2,1H3/t10-,11+/m0/s1. The summed E-state index contributed by atoms with van der Waals surface area (Å²) in [6.07, 6.45) is 4.66. The van der Waals surface area contributed by atoms with Gasteiger partial charge in [0.1, 0.15) is 5.69 Å². The number of rotatable bonds is 4. The summed E-state index contributed by atoms with van der Waals surface area (Å²) >= 11 is 0. The van der Waals surface area contributed by atoms with E-state index in [1.165, 1.54) is 0 Å². The Kier molecular flexibility index (Phi) is 3.62. The molecule has 18 heavy (non-hydrogen) atoms. The quantitative estimate of drug-likeness (QED) is 0.487. The van der Waals surface area contributed by atoms with Gasteiger partial charge in [-0.1, -0.05) is 18.2 Å². The Hall–Kier alpha value is -1.88. The SMILES string of the molecule is Cc1ccc(N[C@@H]2C=C[C@H](CO)C2)c([N+](=O)[O-])c1.